The highest BCUT2D eigenvalue weighted by Crippen LogP contribution is 2.27. The smallest absolute Gasteiger partial charge is 0.328 e. The molecule has 0 unspecified atom stereocenters. The van der Waals surface area contributed by atoms with Crippen molar-refractivity contribution in [2.75, 3.05) is 13.7 Å². The van der Waals surface area contributed by atoms with Crippen LogP contribution in [0.2, 0.25) is 0 Å². The Morgan fingerprint density at radius 1 is 1.07 bits per heavy atom. The Balaban J connectivity index is 1.85. The molecule has 2 aromatic carbocycles. The van der Waals surface area contributed by atoms with Crippen LogP contribution in [0.25, 0.3) is 11.0 Å². The number of aromatic nitrogens is 2. The van der Waals surface area contributed by atoms with Gasteiger partial charge in [0.15, 0.2) is 0 Å². The van der Waals surface area contributed by atoms with Crippen molar-refractivity contribution in [3.05, 3.63) is 58.0 Å². The lowest BCUT2D eigenvalue weighted by molar-refractivity contribution is 0.401. The van der Waals surface area contributed by atoms with Crippen LogP contribution in [0.5, 0.6) is 5.75 Å². The van der Waals surface area contributed by atoms with E-state index in [1.165, 1.54) is 7.11 Å². The Kier molecular flexibility index (Phi) is 5.12. The molecule has 0 saturated heterocycles. The first-order valence-corrected chi connectivity index (χ1v) is 10.0. The number of sulfonamides is 1. The van der Waals surface area contributed by atoms with Crippen LogP contribution >= 0.6 is 0 Å². The zero-order valence-electron chi connectivity index (χ0n) is 15.8. The van der Waals surface area contributed by atoms with Gasteiger partial charge >= 0.3 is 5.69 Å². The minimum absolute atomic E-state index is 0.0896. The second-order valence-electron chi connectivity index (χ2n) is 6.47. The van der Waals surface area contributed by atoms with E-state index in [2.05, 4.69) is 4.72 Å². The van der Waals surface area contributed by atoms with Gasteiger partial charge in [-0.1, -0.05) is 12.1 Å². The van der Waals surface area contributed by atoms with Gasteiger partial charge in [-0.3, -0.25) is 9.13 Å². The van der Waals surface area contributed by atoms with Crippen LogP contribution in [0.3, 0.4) is 0 Å². The number of methoxy groups -OCH3 is 1. The Morgan fingerprint density at radius 2 is 1.70 bits per heavy atom. The minimum Gasteiger partial charge on any atom is -0.495 e. The van der Waals surface area contributed by atoms with Crippen molar-refractivity contribution in [2.45, 2.75) is 25.3 Å². The minimum atomic E-state index is -3.77. The molecule has 1 N–H and O–H groups in total. The predicted octanol–water partition coefficient (Wildman–Crippen LogP) is 1.94. The van der Waals surface area contributed by atoms with Crippen molar-refractivity contribution in [3.8, 4) is 5.75 Å². The molecule has 8 heteroatoms. The fourth-order valence-corrected chi connectivity index (χ4v) is 4.34. The van der Waals surface area contributed by atoms with Crippen molar-refractivity contribution in [1.29, 1.82) is 0 Å². The molecule has 0 amide bonds. The number of para-hydroxylation sites is 2. The fourth-order valence-electron chi connectivity index (χ4n) is 3.08. The molecule has 3 rings (SSSR count). The van der Waals surface area contributed by atoms with Crippen molar-refractivity contribution in [2.24, 2.45) is 7.05 Å². The van der Waals surface area contributed by atoms with Crippen molar-refractivity contribution in [3.63, 3.8) is 0 Å². The molecule has 0 radical (unpaired) electrons. The summed E-state index contributed by atoms with van der Waals surface area (Å²) >= 11 is 0. The number of fused-ring (bicyclic) bond motifs is 1. The summed E-state index contributed by atoms with van der Waals surface area (Å²) in [5, 5.41) is 0. The summed E-state index contributed by atoms with van der Waals surface area (Å²) in [4.78, 5) is 12.5. The first kappa shape index (κ1) is 19.2. The quantitative estimate of drug-likeness (QED) is 0.699. The maximum atomic E-state index is 12.7. The molecular weight excluding hydrogens is 366 g/mol. The Bertz CT molecular complexity index is 1160. The van der Waals surface area contributed by atoms with E-state index in [0.29, 0.717) is 5.75 Å². The van der Waals surface area contributed by atoms with Gasteiger partial charge in [0.2, 0.25) is 10.0 Å². The van der Waals surface area contributed by atoms with Gasteiger partial charge in [0, 0.05) is 20.1 Å². The molecule has 0 aliphatic rings. The van der Waals surface area contributed by atoms with E-state index in [1.807, 2.05) is 38.1 Å². The van der Waals surface area contributed by atoms with Crippen molar-refractivity contribution >= 4 is 21.1 Å². The van der Waals surface area contributed by atoms with Crippen LogP contribution < -0.4 is 15.1 Å². The molecule has 0 aliphatic carbocycles. The summed E-state index contributed by atoms with van der Waals surface area (Å²) in [6.07, 6.45) is 0. The summed E-state index contributed by atoms with van der Waals surface area (Å²) in [5.74, 6) is 0.299. The highest BCUT2D eigenvalue weighted by molar-refractivity contribution is 7.89. The van der Waals surface area contributed by atoms with E-state index in [4.69, 9.17) is 4.74 Å². The normalized spacial score (nSPS) is 11.9. The van der Waals surface area contributed by atoms with E-state index < -0.39 is 10.0 Å². The van der Waals surface area contributed by atoms with Gasteiger partial charge in [0.05, 0.1) is 18.1 Å². The number of aryl methyl sites for hydroxylation is 3. The van der Waals surface area contributed by atoms with Crippen LogP contribution in [0.4, 0.5) is 0 Å². The first-order valence-electron chi connectivity index (χ1n) is 8.55. The fraction of sp³-hybridized carbons (Fsp3) is 0.316. The van der Waals surface area contributed by atoms with Gasteiger partial charge in [-0.2, -0.15) is 0 Å². The first-order chi connectivity index (χ1) is 12.8. The maximum absolute atomic E-state index is 12.7. The average molecular weight is 389 g/mol. The van der Waals surface area contributed by atoms with E-state index in [0.717, 1.165) is 22.2 Å². The second-order valence-corrected chi connectivity index (χ2v) is 8.20. The van der Waals surface area contributed by atoms with Gasteiger partial charge in [-0.15, -0.1) is 0 Å². The summed E-state index contributed by atoms with van der Waals surface area (Å²) in [7, 11) is -0.626. The number of hydrogen-bond donors (Lipinski definition) is 1. The summed E-state index contributed by atoms with van der Waals surface area (Å²) < 4.78 is 36.4. The van der Waals surface area contributed by atoms with Crippen LogP contribution in [0.1, 0.15) is 11.1 Å². The van der Waals surface area contributed by atoms with E-state index in [9.17, 15) is 13.2 Å². The molecule has 7 nitrogen and oxygen atoms in total. The van der Waals surface area contributed by atoms with Crippen LogP contribution in [-0.2, 0) is 23.6 Å². The van der Waals surface area contributed by atoms with E-state index >= 15 is 0 Å². The number of rotatable bonds is 6. The lowest BCUT2D eigenvalue weighted by Crippen LogP contribution is -2.31. The van der Waals surface area contributed by atoms with Gasteiger partial charge < -0.3 is 4.74 Å². The standard InChI is InChI=1S/C19H23N3O4S/c1-13-11-17(26-4)18(12-14(13)2)27(24,25)20-9-10-22-16-8-6-5-7-15(16)21(3)19(22)23/h5-8,11-12,20H,9-10H2,1-4H3. The maximum Gasteiger partial charge on any atom is 0.328 e. The molecule has 144 valence electrons. The third-order valence-corrected chi connectivity index (χ3v) is 6.23. The average Bonchev–Trinajstić information content (AvgIpc) is 2.88. The van der Waals surface area contributed by atoms with Crippen LogP contribution in [-0.4, -0.2) is 31.2 Å². The molecule has 1 aromatic heterocycles. The van der Waals surface area contributed by atoms with Crippen molar-refractivity contribution in [1.82, 2.24) is 13.9 Å². The number of nitrogens with one attached hydrogen (secondary N) is 1. The van der Waals surface area contributed by atoms with E-state index in [-0.39, 0.29) is 23.7 Å². The van der Waals surface area contributed by atoms with Crippen molar-refractivity contribution < 1.29 is 13.2 Å². The van der Waals surface area contributed by atoms with Gasteiger partial charge in [-0.05, 0) is 49.2 Å². The number of benzene rings is 2. The third kappa shape index (κ3) is 3.50. The largest absolute Gasteiger partial charge is 0.495 e. The molecule has 0 saturated carbocycles. The molecule has 0 spiro atoms. The second kappa shape index (κ2) is 7.21. The Hall–Kier alpha value is -2.58. The van der Waals surface area contributed by atoms with Gasteiger partial charge in [-0.25, -0.2) is 17.9 Å². The third-order valence-electron chi connectivity index (χ3n) is 4.75. The predicted molar refractivity (Wildman–Crippen MR) is 105 cm³/mol. The Morgan fingerprint density at radius 3 is 2.37 bits per heavy atom. The topological polar surface area (TPSA) is 82.3 Å². The molecule has 0 bridgehead atoms. The molecule has 0 aliphatic heterocycles. The zero-order chi connectivity index (χ0) is 19.8. The molecule has 3 aromatic rings. The summed E-state index contributed by atoms with van der Waals surface area (Å²) in [6, 6.07) is 10.7. The molecular formula is C19H23N3O4S. The Labute approximate surface area is 158 Å². The molecule has 0 fully saturated rings. The number of hydrogen-bond acceptors (Lipinski definition) is 4. The highest BCUT2D eigenvalue weighted by Gasteiger charge is 2.20. The van der Waals surface area contributed by atoms with E-state index in [1.54, 1.807) is 28.3 Å². The van der Waals surface area contributed by atoms with Gasteiger partial charge in [0.1, 0.15) is 10.6 Å². The lowest BCUT2D eigenvalue weighted by Gasteiger charge is -2.13. The number of nitrogens with zero attached hydrogens (tertiary/aromatic N) is 2. The summed E-state index contributed by atoms with van der Waals surface area (Å²) in [5.41, 5.74) is 3.21. The number of ether oxygens (including phenoxy) is 1. The SMILES string of the molecule is COc1cc(C)c(C)cc1S(=O)(=O)NCCn1c(=O)n(C)c2ccccc21. The van der Waals surface area contributed by atoms with Crippen LogP contribution in [0, 0.1) is 13.8 Å². The molecule has 27 heavy (non-hydrogen) atoms. The highest BCUT2D eigenvalue weighted by atomic mass is 32.2. The lowest BCUT2D eigenvalue weighted by atomic mass is 10.1. The molecule has 1 heterocycles. The molecule has 0 atom stereocenters. The number of imidazole rings is 1. The monoisotopic (exact) mass is 389 g/mol. The van der Waals surface area contributed by atoms with Gasteiger partial charge in [0.25, 0.3) is 0 Å². The van der Waals surface area contributed by atoms with Crippen LogP contribution in [0.15, 0.2) is 46.1 Å². The zero-order valence-corrected chi connectivity index (χ0v) is 16.6. The summed E-state index contributed by atoms with van der Waals surface area (Å²) in [6.45, 7) is 4.07.